The smallest absolute Gasteiger partial charge is 0.310 e. The SMILES string of the molecule is COC(=O)C(C)CN(C)C(=O)C=Cc1ccc(Br)s1. The van der Waals surface area contributed by atoms with Crippen molar-refractivity contribution in [3.63, 3.8) is 0 Å². The number of ether oxygens (including phenoxy) is 1. The zero-order chi connectivity index (χ0) is 14.4. The molecule has 4 nitrogen and oxygen atoms in total. The number of halogens is 1. The molecule has 19 heavy (non-hydrogen) atoms. The van der Waals surface area contributed by atoms with Crippen LogP contribution in [0.3, 0.4) is 0 Å². The van der Waals surface area contributed by atoms with E-state index < -0.39 is 0 Å². The van der Waals surface area contributed by atoms with Gasteiger partial charge in [0, 0.05) is 24.5 Å². The van der Waals surface area contributed by atoms with Gasteiger partial charge in [-0.3, -0.25) is 9.59 Å². The minimum Gasteiger partial charge on any atom is -0.469 e. The highest BCUT2D eigenvalue weighted by molar-refractivity contribution is 9.11. The molecule has 0 fully saturated rings. The van der Waals surface area contributed by atoms with Gasteiger partial charge in [0.25, 0.3) is 0 Å². The van der Waals surface area contributed by atoms with Gasteiger partial charge in [0.2, 0.25) is 5.91 Å². The summed E-state index contributed by atoms with van der Waals surface area (Å²) in [6, 6.07) is 3.85. The van der Waals surface area contributed by atoms with Crippen LogP contribution in [0.2, 0.25) is 0 Å². The number of carbonyl (C=O) groups excluding carboxylic acids is 2. The van der Waals surface area contributed by atoms with Gasteiger partial charge in [0.15, 0.2) is 0 Å². The molecule has 104 valence electrons. The van der Waals surface area contributed by atoms with Gasteiger partial charge >= 0.3 is 5.97 Å². The van der Waals surface area contributed by atoms with Gasteiger partial charge in [-0.25, -0.2) is 0 Å². The molecule has 6 heteroatoms. The standard InChI is InChI=1S/C13H16BrNO3S/c1-9(13(17)18-3)8-15(2)12(16)7-5-10-4-6-11(14)19-10/h4-7,9H,8H2,1-3H3. The van der Waals surface area contributed by atoms with Crippen LogP contribution in [0.4, 0.5) is 0 Å². The zero-order valence-corrected chi connectivity index (χ0v) is 13.5. The second kappa shape index (κ2) is 7.45. The third-order valence-electron chi connectivity index (χ3n) is 2.51. The fraction of sp³-hybridized carbons (Fsp3) is 0.385. The number of nitrogens with zero attached hydrogens (tertiary/aromatic N) is 1. The van der Waals surface area contributed by atoms with Crippen molar-refractivity contribution in [1.29, 1.82) is 0 Å². The summed E-state index contributed by atoms with van der Waals surface area (Å²) >= 11 is 4.91. The summed E-state index contributed by atoms with van der Waals surface area (Å²) in [7, 11) is 3.01. The Labute approximate surface area is 125 Å². The Bertz CT molecular complexity index is 484. The normalized spacial score (nSPS) is 12.4. The number of methoxy groups -OCH3 is 1. The Morgan fingerprint density at radius 2 is 2.21 bits per heavy atom. The predicted octanol–water partition coefficient (Wildman–Crippen LogP) is 2.79. The van der Waals surface area contributed by atoms with Crippen LogP contribution in [0.15, 0.2) is 22.0 Å². The molecule has 1 heterocycles. The highest BCUT2D eigenvalue weighted by Gasteiger charge is 2.17. The van der Waals surface area contributed by atoms with Crippen LogP contribution < -0.4 is 0 Å². The van der Waals surface area contributed by atoms with E-state index in [1.165, 1.54) is 18.1 Å². The highest BCUT2D eigenvalue weighted by Crippen LogP contribution is 2.23. The number of hydrogen-bond acceptors (Lipinski definition) is 4. The molecule has 0 spiro atoms. The zero-order valence-electron chi connectivity index (χ0n) is 11.1. The quantitative estimate of drug-likeness (QED) is 0.608. The van der Waals surface area contributed by atoms with Crippen LogP contribution in [0.25, 0.3) is 6.08 Å². The molecule has 1 amide bonds. The van der Waals surface area contributed by atoms with E-state index in [1.54, 1.807) is 31.4 Å². The first kappa shape index (κ1) is 15.9. The summed E-state index contributed by atoms with van der Waals surface area (Å²) in [5, 5.41) is 0. The van der Waals surface area contributed by atoms with Gasteiger partial charge in [0.1, 0.15) is 0 Å². The van der Waals surface area contributed by atoms with Gasteiger partial charge < -0.3 is 9.64 Å². The minimum absolute atomic E-state index is 0.139. The average Bonchev–Trinajstić information content (AvgIpc) is 2.80. The van der Waals surface area contributed by atoms with Gasteiger partial charge in [-0.1, -0.05) is 6.92 Å². The van der Waals surface area contributed by atoms with Crippen LogP contribution in [0, 0.1) is 5.92 Å². The Balaban J connectivity index is 2.53. The highest BCUT2D eigenvalue weighted by atomic mass is 79.9. The van der Waals surface area contributed by atoms with E-state index in [4.69, 9.17) is 0 Å². The molecule has 1 rings (SSSR count). The van der Waals surface area contributed by atoms with Gasteiger partial charge in [0.05, 0.1) is 16.8 Å². The molecule has 0 N–H and O–H groups in total. The molecule has 1 aromatic heterocycles. The van der Waals surface area contributed by atoms with Crippen molar-refractivity contribution in [2.75, 3.05) is 20.7 Å². The second-order valence-electron chi connectivity index (χ2n) is 4.12. The third kappa shape index (κ3) is 5.16. The maximum absolute atomic E-state index is 11.8. The molecular weight excluding hydrogens is 330 g/mol. The van der Waals surface area contributed by atoms with Crippen molar-refractivity contribution in [3.8, 4) is 0 Å². The largest absolute Gasteiger partial charge is 0.469 e. The van der Waals surface area contributed by atoms with Crippen LogP contribution in [-0.4, -0.2) is 37.5 Å². The molecule has 0 aromatic carbocycles. The van der Waals surface area contributed by atoms with E-state index in [1.807, 2.05) is 12.1 Å². The topological polar surface area (TPSA) is 46.6 Å². The number of carbonyl (C=O) groups is 2. The van der Waals surface area contributed by atoms with E-state index in [-0.39, 0.29) is 17.8 Å². The van der Waals surface area contributed by atoms with Crippen molar-refractivity contribution in [1.82, 2.24) is 4.90 Å². The Hall–Kier alpha value is -1.14. The van der Waals surface area contributed by atoms with Crippen molar-refractivity contribution >= 4 is 45.2 Å². The van der Waals surface area contributed by atoms with Gasteiger partial charge in [-0.05, 0) is 34.1 Å². The third-order valence-corrected chi connectivity index (χ3v) is 4.10. The molecule has 0 aliphatic rings. The number of amides is 1. The maximum Gasteiger partial charge on any atom is 0.310 e. The first-order chi connectivity index (χ1) is 8.93. The lowest BCUT2D eigenvalue weighted by molar-refractivity contribution is -0.145. The first-order valence-electron chi connectivity index (χ1n) is 5.70. The Morgan fingerprint density at radius 3 is 2.74 bits per heavy atom. The molecule has 0 radical (unpaired) electrons. The second-order valence-corrected chi connectivity index (χ2v) is 6.61. The molecule has 1 aromatic rings. The summed E-state index contributed by atoms with van der Waals surface area (Å²) in [5.41, 5.74) is 0. The summed E-state index contributed by atoms with van der Waals surface area (Å²) in [4.78, 5) is 25.6. The number of hydrogen-bond donors (Lipinski definition) is 0. The van der Waals surface area contributed by atoms with Gasteiger partial charge in [-0.15, -0.1) is 11.3 Å². The van der Waals surface area contributed by atoms with E-state index >= 15 is 0 Å². The van der Waals surface area contributed by atoms with E-state index in [0.29, 0.717) is 6.54 Å². The summed E-state index contributed by atoms with van der Waals surface area (Å²) in [5.74, 6) is -0.783. The van der Waals surface area contributed by atoms with Crippen LogP contribution in [-0.2, 0) is 14.3 Å². The van der Waals surface area contributed by atoms with E-state index in [9.17, 15) is 9.59 Å². The molecule has 0 bridgehead atoms. The van der Waals surface area contributed by atoms with Crippen LogP contribution >= 0.6 is 27.3 Å². The molecule has 0 aliphatic heterocycles. The fourth-order valence-corrected chi connectivity index (χ4v) is 2.80. The molecule has 1 unspecified atom stereocenters. The maximum atomic E-state index is 11.8. The van der Waals surface area contributed by atoms with Crippen molar-refractivity contribution in [2.45, 2.75) is 6.92 Å². The average molecular weight is 346 g/mol. The Kier molecular flexibility index (Phi) is 6.24. The van der Waals surface area contributed by atoms with Crippen LogP contribution in [0.1, 0.15) is 11.8 Å². The van der Waals surface area contributed by atoms with Crippen molar-refractivity contribution < 1.29 is 14.3 Å². The monoisotopic (exact) mass is 345 g/mol. The van der Waals surface area contributed by atoms with E-state index in [0.717, 1.165) is 8.66 Å². The fourth-order valence-electron chi connectivity index (χ4n) is 1.47. The molecule has 0 saturated carbocycles. The number of likely N-dealkylation sites (N-methyl/N-ethyl adjacent to an activating group) is 1. The minimum atomic E-state index is -0.330. The summed E-state index contributed by atoms with van der Waals surface area (Å²) < 4.78 is 5.65. The van der Waals surface area contributed by atoms with Crippen molar-refractivity contribution in [2.24, 2.45) is 5.92 Å². The molecular formula is C13H16BrNO3S. The van der Waals surface area contributed by atoms with Crippen LogP contribution in [0.5, 0.6) is 0 Å². The molecule has 1 atom stereocenters. The van der Waals surface area contributed by atoms with E-state index in [2.05, 4.69) is 20.7 Å². The first-order valence-corrected chi connectivity index (χ1v) is 7.31. The molecule has 0 saturated heterocycles. The summed E-state index contributed by atoms with van der Waals surface area (Å²) in [6.07, 6.45) is 3.26. The lowest BCUT2D eigenvalue weighted by atomic mass is 10.2. The lowest BCUT2D eigenvalue weighted by Crippen LogP contribution is -2.33. The number of esters is 1. The lowest BCUT2D eigenvalue weighted by Gasteiger charge is -2.18. The molecule has 0 aliphatic carbocycles. The number of rotatable bonds is 5. The summed E-state index contributed by atoms with van der Waals surface area (Å²) in [6.45, 7) is 2.07. The Morgan fingerprint density at radius 1 is 1.53 bits per heavy atom. The van der Waals surface area contributed by atoms with Gasteiger partial charge in [-0.2, -0.15) is 0 Å². The predicted molar refractivity (Wildman–Crippen MR) is 79.9 cm³/mol. The van der Waals surface area contributed by atoms with Crippen molar-refractivity contribution in [3.05, 3.63) is 26.9 Å². The number of thiophene rings is 1.